The van der Waals surface area contributed by atoms with Gasteiger partial charge in [0.1, 0.15) is 24.9 Å². The number of carbonyl (C=O) groups excluding carboxylic acids is 1. The van der Waals surface area contributed by atoms with E-state index in [9.17, 15) is 24.9 Å². The lowest BCUT2D eigenvalue weighted by Gasteiger charge is -2.15. The zero-order chi connectivity index (χ0) is 22.8. The molecule has 1 aromatic carbocycles. The van der Waals surface area contributed by atoms with Gasteiger partial charge in [0, 0.05) is 17.6 Å². The summed E-state index contributed by atoms with van der Waals surface area (Å²) in [5, 5.41) is 38.2. The maximum absolute atomic E-state index is 11.9. The predicted molar refractivity (Wildman–Crippen MR) is 111 cm³/mol. The molecular weight excluding hydrogens is 432 g/mol. The first-order valence-corrected chi connectivity index (χ1v) is 10.6. The van der Waals surface area contributed by atoms with Crippen LogP contribution >= 0.6 is 11.8 Å². The van der Waals surface area contributed by atoms with E-state index in [-0.39, 0.29) is 31.1 Å². The number of phenolic OH excluding ortho intramolecular Hbond substituents is 1. The summed E-state index contributed by atoms with van der Waals surface area (Å²) in [6, 6.07) is 4.56. The summed E-state index contributed by atoms with van der Waals surface area (Å²) in [5.41, 5.74) is 0.605. The van der Waals surface area contributed by atoms with Gasteiger partial charge in [0.05, 0.1) is 20.1 Å². The minimum Gasteiger partial charge on any atom is -0.504 e. The number of methoxy groups -OCH3 is 1. The molecule has 0 radical (unpaired) electrons. The number of hydrogen-bond acceptors (Lipinski definition) is 10. The molecule has 0 saturated carbocycles. The number of phenols is 1. The van der Waals surface area contributed by atoms with Gasteiger partial charge in [-0.05, 0) is 23.8 Å². The molecule has 4 N–H and O–H groups in total. The van der Waals surface area contributed by atoms with Crippen LogP contribution in [0.1, 0.15) is 12.0 Å². The van der Waals surface area contributed by atoms with Gasteiger partial charge in [-0.25, -0.2) is 4.79 Å². The highest BCUT2D eigenvalue weighted by Gasteiger charge is 2.43. The fourth-order valence-corrected chi connectivity index (χ4v) is 3.39. The van der Waals surface area contributed by atoms with E-state index in [1.54, 1.807) is 12.1 Å². The van der Waals surface area contributed by atoms with Crippen molar-refractivity contribution in [1.82, 2.24) is 0 Å². The van der Waals surface area contributed by atoms with Gasteiger partial charge in [0.25, 0.3) is 0 Å². The number of carboxylic acid groups (broad SMARTS) is 1. The second kappa shape index (κ2) is 12.5. The molecule has 2 rings (SSSR count). The van der Waals surface area contributed by atoms with Gasteiger partial charge < -0.3 is 39.4 Å². The normalized spacial score (nSPS) is 23.2. The zero-order valence-corrected chi connectivity index (χ0v) is 17.7. The summed E-state index contributed by atoms with van der Waals surface area (Å²) in [5.74, 6) is -0.374. The molecule has 0 aromatic heterocycles. The SMILES string of the molecule is COc1cc(/C=C/C(=O)OC[C@@H]2O[C@H](OCCSCCC(=O)O)[C@H](O)[C@H]2O)ccc1O. The Bertz CT molecular complexity index is 768. The number of hydrogen-bond donors (Lipinski definition) is 4. The van der Waals surface area contributed by atoms with Crippen LogP contribution in [-0.4, -0.2) is 88.8 Å². The lowest BCUT2D eigenvalue weighted by molar-refractivity contribution is -0.171. The monoisotopic (exact) mass is 458 g/mol. The van der Waals surface area contributed by atoms with Gasteiger partial charge in [-0.3, -0.25) is 4.79 Å². The largest absolute Gasteiger partial charge is 0.504 e. The molecule has 1 aromatic rings. The topological polar surface area (TPSA) is 152 Å². The van der Waals surface area contributed by atoms with E-state index in [1.165, 1.54) is 37.1 Å². The number of rotatable bonds is 12. The third kappa shape index (κ3) is 8.04. The van der Waals surface area contributed by atoms with Crippen LogP contribution < -0.4 is 4.74 Å². The summed E-state index contributed by atoms with van der Waals surface area (Å²) in [6.45, 7) is -0.0857. The Labute approximate surface area is 183 Å². The Balaban J connectivity index is 1.73. The molecule has 1 heterocycles. The molecular formula is C20H26O10S. The molecule has 11 heteroatoms. The van der Waals surface area contributed by atoms with Crippen molar-refractivity contribution in [2.45, 2.75) is 31.0 Å². The summed E-state index contributed by atoms with van der Waals surface area (Å²) in [7, 11) is 1.41. The van der Waals surface area contributed by atoms with Crippen LogP contribution in [0.5, 0.6) is 11.5 Å². The average Bonchev–Trinajstić information content (AvgIpc) is 3.01. The number of aromatic hydroxyl groups is 1. The standard InChI is InChI=1S/C20H26O10S/c1-27-14-10-12(2-4-13(14)21)3-5-17(24)29-11-15-18(25)19(26)20(30-15)28-7-9-31-8-6-16(22)23/h2-5,10,15,18-21,25-26H,6-9,11H2,1H3,(H,22,23)/b5-3+/t15-,18-,19+,20-/m0/s1. The Hall–Kier alpha value is -2.31. The van der Waals surface area contributed by atoms with Gasteiger partial charge in [0.2, 0.25) is 0 Å². The fourth-order valence-electron chi connectivity index (χ4n) is 2.65. The first-order valence-electron chi connectivity index (χ1n) is 9.46. The van der Waals surface area contributed by atoms with E-state index in [2.05, 4.69) is 0 Å². The van der Waals surface area contributed by atoms with E-state index in [4.69, 9.17) is 24.1 Å². The molecule has 0 aliphatic carbocycles. The lowest BCUT2D eigenvalue weighted by atomic mass is 10.1. The molecule has 0 spiro atoms. The first-order chi connectivity index (χ1) is 14.8. The number of carbonyl (C=O) groups is 2. The maximum Gasteiger partial charge on any atom is 0.330 e. The van der Waals surface area contributed by atoms with Crippen LogP contribution in [-0.2, 0) is 23.8 Å². The van der Waals surface area contributed by atoms with E-state index >= 15 is 0 Å². The molecule has 1 fully saturated rings. The van der Waals surface area contributed by atoms with E-state index in [0.717, 1.165) is 0 Å². The van der Waals surface area contributed by atoms with Crippen molar-refractivity contribution < 1.29 is 49.0 Å². The maximum atomic E-state index is 11.9. The first kappa shape index (κ1) is 25.0. The predicted octanol–water partition coefficient (Wildman–Crippen LogP) is 0.628. The molecule has 0 bridgehead atoms. The van der Waals surface area contributed by atoms with Crippen molar-refractivity contribution in [3.63, 3.8) is 0 Å². The van der Waals surface area contributed by atoms with Crippen LogP contribution in [0.4, 0.5) is 0 Å². The van der Waals surface area contributed by atoms with E-state index < -0.39 is 36.5 Å². The van der Waals surface area contributed by atoms with E-state index in [0.29, 0.717) is 17.1 Å². The number of aliphatic hydroxyl groups is 2. The highest BCUT2D eigenvalue weighted by Crippen LogP contribution is 2.27. The average molecular weight is 458 g/mol. The third-order valence-electron chi connectivity index (χ3n) is 4.29. The number of ether oxygens (including phenoxy) is 4. The lowest BCUT2D eigenvalue weighted by Crippen LogP contribution is -2.35. The summed E-state index contributed by atoms with van der Waals surface area (Å²) < 4.78 is 20.8. The zero-order valence-electron chi connectivity index (χ0n) is 16.9. The second-order valence-corrected chi connectivity index (χ2v) is 7.77. The van der Waals surface area contributed by atoms with Crippen LogP contribution in [0.3, 0.4) is 0 Å². The Morgan fingerprint density at radius 3 is 2.71 bits per heavy atom. The van der Waals surface area contributed by atoms with Crippen molar-refractivity contribution in [2.24, 2.45) is 0 Å². The van der Waals surface area contributed by atoms with Gasteiger partial charge in [-0.1, -0.05) is 6.07 Å². The smallest absolute Gasteiger partial charge is 0.330 e. The summed E-state index contributed by atoms with van der Waals surface area (Å²) in [4.78, 5) is 22.4. The quantitative estimate of drug-likeness (QED) is 0.198. The highest BCUT2D eigenvalue weighted by molar-refractivity contribution is 7.99. The van der Waals surface area contributed by atoms with Crippen LogP contribution in [0, 0.1) is 0 Å². The van der Waals surface area contributed by atoms with Crippen molar-refractivity contribution in [3.8, 4) is 11.5 Å². The minimum atomic E-state index is -1.30. The van der Waals surface area contributed by atoms with Crippen molar-refractivity contribution in [3.05, 3.63) is 29.8 Å². The molecule has 1 aliphatic heterocycles. The summed E-state index contributed by atoms with van der Waals surface area (Å²) in [6.07, 6.45) is -1.92. The number of carboxylic acids is 1. The molecule has 0 unspecified atom stereocenters. The van der Waals surface area contributed by atoms with E-state index in [1.807, 2.05) is 0 Å². The third-order valence-corrected chi connectivity index (χ3v) is 5.24. The van der Waals surface area contributed by atoms with Crippen LogP contribution in [0.15, 0.2) is 24.3 Å². The number of benzene rings is 1. The van der Waals surface area contributed by atoms with Crippen molar-refractivity contribution in [2.75, 3.05) is 31.8 Å². The molecule has 10 nitrogen and oxygen atoms in total. The fraction of sp³-hybridized carbons (Fsp3) is 0.500. The van der Waals surface area contributed by atoms with Crippen LogP contribution in [0.25, 0.3) is 6.08 Å². The molecule has 1 aliphatic rings. The van der Waals surface area contributed by atoms with Crippen molar-refractivity contribution >= 4 is 29.8 Å². The second-order valence-electron chi connectivity index (χ2n) is 6.55. The molecule has 1 saturated heterocycles. The van der Waals surface area contributed by atoms with Gasteiger partial charge in [0.15, 0.2) is 17.8 Å². The molecule has 0 amide bonds. The molecule has 172 valence electrons. The summed E-state index contributed by atoms with van der Waals surface area (Å²) >= 11 is 1.38. The Morgan fingerprint density at radius 2 is 2.00 bits per heavy atom. The molecule has 31 heavy (non-hydrogen) atoms. The number of aliphatic hydroxyl groups excluding tert-OH is 2. The number of esters is 1. The van der Waals surface area contributed by atoms with Crippen LogP contribution in [0.2, 0.25) is 0 Å². The minimum absolute atomic E-state index is 0.0243. The van der Waals surface area contributed by atoms with Gasteiger partial charge in [-0.15, -0.1) is 0 Å². The number of aliphatic carboxylic acids is 1. The Morgan fingerprint density at radius 1 is 1.23 bits per heavy atom. The molecule has 4 atom stereocenters. The number of thioether (sulfide) groups is 1. The Kier molecular flexibility index (Phi) is 10.1. The van der Waals surface area contributed by atoms with Crippen molar-refractivity contribution in [1.29, 1.82) is 0 Å². The van der Waals surface area contributed by atoms with Gasteiger partial charge >= 0.3 is 11.9 Å². The highest BCUT2D eigenvalue weighted by atomic mass is 32.2. The van der Waals surface area contributed by atoms with Gasteiger partial charge in [-0.2, -0.15) is 11.8 Å².